The molecule has 1 fully saturated rings. The minimum atomic E-state index is -0.664. The number of allylic oxidation sites excluding steroid dienone is 2. The van der Waals surface area contributed by atoms with Crippen molar-refractivity contribution < 1.29 is 14.5 Å². The van der Waals surface area contributed by atoms with E-state index in [1.165, 1.54) is 18.2 Å². The molecule has 0 saturated carbocycles. The first-order valence-corrected chi connectivity index (χ1v) is 9.64. The van der Waals surface area contributed by atoms with Crippen molar-refractivity contribution in [2.45, 2.75) is 6.92 Å². The molecule has 0 spiro atoms. The van der Waals surface area contributed by atoms with Gasteiger partial charge in [-0.2, -0.15) is 5.01 Å². The number of benzene rings is 2. The van der Waals surface area contributed by atoms with Crippen LogP contribution in [0.4, 0.5) is 5.69 Å². The van der Waals surface area contributed by atoms with Crippen LogP contribution >= 0.6 is 24.0 Å². The molecule has 0 atom stereocenters. The van der Waals surface area contributed by atoms with E-state index in [4.69, 9.17) is 12.2 Å². The molecule has 1 aliphatic heterocycles. The number of hydrogen-bond acceptors (Lipinski definition) is 6. The summed E-state index contributed by atoms with van der Waals surface area (Å²) in [6, 6.07) is 14.9. The number of hydrogen-bond donors (Lipinski definition) is 1. The molecule has 2 aromatic rings. The molecule has 146 valence electrons. The van der Waals surface area contributed by atoms with Crippen molar-refractivity contribution in [2.75, 3.05) is 0 Å². The molecule has 1 saturated heterocycles. The number of carbonyl (C=O) groups excluding carboxylic acids is 2. The number of carbonyl (C=O) groups is 2. The Hall–Kier alpha value is -3.30. The summed E-state index contributed by atoms with van der Waals surface area (Å²) in [5.41, 5.74) is 4.09. The number of thioether (sulfide) groups is 1. The predicted octanol–water partition coefficient (Wildman–Crippen LogP) is 4.09. The topological polar surface area (TPSA) is 92.6 Å². The van der Waals surface area contributed by atoms with Gasteiger partial charge in [0, 0.05) is 17.7 Å². The zero-order valence-corrected chi connectivity index (χ0v) is 16.8. The quantitative estimate of drug-likeness (QED) is 0.336. The first-order valence-electron chi connectivity index (χ1n) is 8.42. The van der Waals surface area contributed by atoms with E-state index in [0.717, 1.165) is 34.0 Å². The Balaban J connectivity index is 1.75. The van der Waals surface area contributed by atoms with Gasteiger partial charge in [-0.3, -0.25) is 25.1 Å². The van der Waals surface area contributed by atoms with Gasteiger partial charge in [-0.1, -0.05) is 54.2 Å². The number of nitro benzene ring substituents is 1. The minimum Gasteiger partial charge on any atom is -0.267 e. The third kappa shape index (κ3) is 4.95. The third-order valence-corrected chi connectivity index (χ3v) is 5.18. The fourth-order valence-electron chi connectivity index (χ4n) is 2.55. The Morgan fingerprint density at radius 2 is 1.93 bits per heavy atom. The zero-order chi connectivity index (χ0) is 21.0. The van der Waals surface area contributed by atoms with Gasteiger partial charge in [-0.15, -0.1) is 0 Å². The number of nitrogens with zero attached hydrogens (tertiary/aromatic N) is 2. The van der Waals surface area contributed by atoms with Gasteiger partial charge in [0.25, 0.3) is 17.5 Å². The molecule has 0 unspecified atom stereocenters. The van der Waals surface area contributed by atoms with Crippen molar-refractivity contribution in [3.63, 3.8) is 0 Å². The van der Waals surface area contributed by atoms with E-state index < -0.39 is 16.7 Å². The van der Waals surface area contributed by atoms with Crippen LogP contribution in [0.25, 0.3) is 6.08 Å². The lowest BCUT2D eigenvalue weighted by molar-refractivity contribution is -0.384. The van der Waals surface area contributed by atoms with Crippen LogP contribution < -0.4 is 5.43 Å². The average molecular weight is 425 g/mol. The Labute approximate surface area is 176 Å². The maximum atomic E-state index is 12.6. The highest BCUT2D eigenvalue weighted by molar-refractivity contribution is 8.26. The second-order valence-electron chi connectivity index (χ2n) is 6.06. The zero-order valence-electron chi connectivity index (χ0n) is 15.2. The monoisotopic (exact) mass is 425 g/mol. The molecule has 29 heavy (non-hydrogen) atoms. The summed E-state index contributed by atoms with van der Waals surface area (Å²) < 4.78 is 0.174. The highest BCUT2D eigenvalue weighted by Crippen LogP contribution is 2.31. The smallest absolute Gasteiger partial charge is 0.267 e. The highest BCUT2D eigenvalue weighted by Gasteiger charge is 2.33. The molecule has 0 aromatic heterocycles. The van der Waals surface area contributed by atoms with Gasteiger partial charge < -0.3 is 0 Å². The Morgan fingerprint density at radius 3 is 2.62 bits per heavy atom. The highest BCUT2D eigenvalue weighted by atomic mass is 32.2. The van der Waals surface area contributed by atoms with E-state index in [9.17, 15) is 19.7 Å². The van der Waals surface area contributed by atoms with Crippen LogP contribution in [-0.4, -0.2) is 26.1 Å². The first-order chi connectivity index (χ1) is 13.8. The van der Waals surface area contributed by atoms with Gasteiger partial charge >= 0.3 is 0 Å². The lowest BCUT2D eigenvalue weighted by Crippen LogP contribution is -2.44. The van der Waals surface area contributed by atoms with Crippen molar-refractivity contribution >= 4 is 51.9 Å². The van der Waals surface area contributed by atoms with Crippen LogP contribution in [0.2, 0.25) is 0 Å². The molecule has 1 aliphatic rings. The van der Waals surface area contributed by atoms with Crippen molar-refractivity contribution in [1.82, 2.24) is 10.4 Å². The molecular formula is C20H15N3O4S2. The van der Waals surface area contributed by atoms with E-state index in [0.29, 0.717) is 4.91 Å². The molecule has 0 aliphatic carbocycles. The Bertz CT molecular complexity index is 1060. The third-order valence-electron chi connectivity index (χ3n) is 3.88. The van der Waals surface area contributed by atoms with Gasteiger partial charge in [0.15, 0.2) is 4.32 Å². The number of thiocarbonyl (C=S) groups is 1. The van der Waals surface area contributed by atoms with Gasteiger partial charge in [-0.25, -0.2) is 0 Å². The van der Waals surface area contributed by atoms with E-state index in [1.807, 2.05) is 43.3 Å². The molecule has 2 amide bonds. The summed E-state index contributed by atoms with van der Waals surface area (Å²) in [5, 5.41) is 11.8. The molecule has 0 radical (unpaired) electrons. The number of nitro groups is 1. The number of amides is 2. The van der Waals surface area contributed by atoms with Crippen molar-refractivity contribution in [3.8, 4) is 0 Å². The molecule has 3 rings (SSSR count). The van der Waals surface area contributed by atoms with Crippen LogP contribution in [0.5, 0.6) is 0 Å². The summed E-state index contributed by atoms with van der Waals surface area (Å²) in [5.74, 6) is -1.12. The van der Waals surface area contributed by atoms with Crippen LogP contribution in [0.1, 0.15) is 22.8 Å². The van der Waals surface area contributed by atoms with E-state index in [2.05, 4.69) is 5.43 Å². The lowest BCUT2D eigenvalue weighted by Gasteiger charge is -2.15. The summed E-state index contributed by atoms with van der Waals surface area (Å²) in [6.45, 7) is 1.86. The van der Waals surface area contributed by atoms with Crippen molar-refractivity contribution in [1.29, 1.82) is 0 Å². The number of rotatable bonds is 5. The fourth-order valence-corrected chi connectivity index (χ4v) is 3.78. The number of non-ortho nitro benzene ring substituents is 1. The molecular weight excluding hydrogens is 410 g/mol. The molecule has 1 N–H and O–H groups in total. The second-order valence-corrected chi connectivity index (χ2v) is 7.74. The maximum absolute atomic E-state index is 12.6. The second kappa shape index (κ2) is 8.80. The maximum Gasteiger partial charge on any atom is 0.285 e. The largest absolute Gasteiger partial charge is 0.285 e. The van der Waals surface area contributed by atoms with Gasteiger partial charge in [0.2, 0.25) is 0 Å². The predicted molar refractivity (Wildman–Crippen MR) is 116 cm³/mol. The van der Waals surface area contributed by atoms with Crippen LogP contribution in [-0.2, 0) is 4.79 Å². The van der Waals surface area contributed by atoms with Crippen molar-refractivity contribution in [3.05, 3.63) is 92.4 Å². The number of hydrazine groups is 1. The molecule has 2 aromatic carbocycles. The van der Waals surface area contributed by atoms with E-state index in [1.54, 1.807) is 6.08 Å². The van der Waals surface area contributed by atoms with Crippen LogP contribution in [0.3, 0.4) is 0 Å². The summed E-state index contributed by atoms with van der Waals surface area (Å²) >= 11 is 6.27. The minimum absolute atomic E-state index is 0.0531. The molecule has 9 heteroatoms. The van der Waals surface area contributed by atoms with Crippen LogP contribution in [0.15, 0.2) is 71.2 Å². The summed E-state index contributed by atoms with van der Waals surface area (Å²) in [6.07, 6.45) is 3.63. The Morgan fingerprint density at radius 1 is 1.21 bits per heavy atom. The van der Waals surface area contributed by atoms with E-state index >= 15 is 0 Å². The molecule has 1 heterocycles. The normalized spacial score (nSPS) is 15.7. The van der Waals surface area contributed by atoms with Gasteiger partial charge in [-0.05, 0) is 42.4 Å². The SMILES string of the molecule is CC(=C\c1ccccc1)/C=C1/SC(=S)N(NC(=O)c2cccc([N+](=O)[O-])c2)C1=O. The van der Waals surface area contributed by atoms with Gasteiger partial charge in [0.05, 0.1) is 9.83 Å². The lowest BCUT2D eigenvalue weighted by atomic mass is 10.1. The van der Waals surface area contributed by atoms with Gasteiger partial charge in [0.1, 0.15) is 0 Å². The standard InChI is InChI=1S/C20H15N3O4S2/c1-13(10-14-6-3-2-4-7-14)11-17-19(25)22(20(28)29-17)21-18(24)15-8-5-9-16(12-15)23(26)27/h2-12H,1H3,(H,21,24)/b13-10+,17-11+. The van der Waals surface area contributed by atoms with Crippen LogP contribution in [0, 0.1) is 10.1 Å². The number of nitrogens with one attached hydrogen (secondary N) is 1. The first kappa shape index (κ1) is 20.4. The summed E-state index contributed by atoms with van der Waals surface area (Å²) in [7, 11) is 0. The molecule has 0 bridgehead atoms. The van der Waals surface area contributed by atoms with Crippen molar-refractivity contribution in [2.24, 2.45) is 0 Å². The molecule has 7 nitrogen and oxygen atoms in total. The Kier molecular flexibility index (Phi) is 6.20. The van der Waals surface area contributed by atoms with E-state index in [-0.39, 0.29) is 15.6 Å². The summed E-state index contributed by atoms with van der Waals surface area (Å²) in [4.78, 5) is 35.7. The average Bonchev–Trinajstić information content (AvgIpc) is 2.96. The fraction of sp³-hybridized carbons (Fsp3) is 0.0500.